The van der Waals surface area contributed by atoms with Crippen molar-refractivity contribution in [3.8, 4) is 5.69 Å². The largest absolute Gasteiger partial charge is 0.348 e. The zero-order chi connectivity index (χ0) is 18.1. The molecule has 146 valence electrons. The Morgan fingerprint density at radius 1 is 1.15 bits per heavy atom. The second-order valence-corrected chi connectivity index (χ2v) is 7.50. The summed E-state index contributed by atoms with van der Waals surface area (Å²) in [6.07, 6.45) is 0. The molecule has 0 fully saturated rings. The van der Waals surface area contributed by atoms with Crippen molar-refractivity contribution in [2.45, 2.75) is 53.6 Å². The highest BCUT2D eigenvalue weighted by molar-refractivity contribution is 5.85. The number of aromatic nitrogens is 2. The molecule has 2 atom stereocenters. The number of amides is 1. The molecule has 2 aromatic rings. The van der Waals surface area contributed by atoms with E-state index in [0.29, 0.717) is 0 Å². The van der Waals surface area contributed by atoms with Crippen molar-refractivity contribution in [1.82, 2.24) is 15.1 Å². The fourth-order valence-corrected chi connectivity index (χ4v) is 2.57. The van der Waals surface area contributed by atoms with Crippen molar-refractivity contribution in [1.29, 1.82) is 0 Å². The Bertz CT molecular complexity index is 720. The molecular weight excluding hydrogens is 371 g/mol. The maximum absolute atomic E-state index is 12.3. The van der Waals surface area contributed by atoms with Crippen molar-refractivity contribution < 1.29 is 4.79 Å². The first-order valence-electron chi connectivity index (χ1n) is 8.29. The van der Waals surface area contributed by atoms with Gasteiger partial charge in [-0.25, -0.2) is 4.68 Å². The summed E-state index contributed by atoms with van der Waals surface area (Å²) >= 11 is 0. The first kappa shape index (κ1) is 24.4. The summed E-state index contributed by atoms with van der Waals surface area (Å²) in [5.74, 6) is -0.127. The number of nitrogens with two attached hydrogens (primary N) is 1. The van der Waals surface area contributed by atoms with Gasteiger partial charge in [-0.05, 0) is 49.9 Å². The summed E-state index contributed by atoms with van der Waals surface area (Å²) in [4.78, 5) is 12.3. The molecule has 1 amide bonds. The smallest absolute Gasteiger partial charge is 0.237 e. The van der Waals surface area contributed by atoms with E-state index in [-0.39, 0.29) is 42.2 Å². The third-order valence-electron chi connectivity index (χ3n) is 4.22. The Morgan fingerprint density at radius 2 is 1.69 bits per heavy atom. The van der Waals surface area contributed by atoms with Gasteiger partial charge in [0, 0.05) is 5.69 Å². The van der Waals surface area contributed by atoms with Crippen LogP contribution in [0.3, 0.4) is 0 Å². The van der Waals surface area contributed by atoms with Crippen LogP contribution in [0.4, 0.5) is 0 Å². The number of rotatable bonds is 4. The van der Waals surface area contributed by atoms with Gasteiger partial charge in [-0.3, -0.25) is 4.79 Å². The lowest BCUT2D eigenvalue weighted by Crippen LogP contribution is -2.49. The van der Waals surface area contributed by atoms with Crippen LogP contribution in [0.5, 0.6) is 0 Å². The Hall–Kier alpha value is -1.56. The lowest BCUT2D eigenvalue weighted by atomic mass is 9.86. The third kappa shape index (κ3) is 5.73. The van der Waals surface area contributed by atoms with Gasteiger partial charge in [0.1, 0.15) is 0 Å². The summed E-state index contributed by atoms with van der Waals surface area (Å²) in [6.45, 7) is 11.9. The molecule has 5 nitrogen and oxygen atoms in total. The number of carbonyl (C=O) groups is 1. The lowest BCUT2D eigenvalue weighted by molar-refractivity contribution is -0.125. The number of hydrogen-bond donors (Lipinski definition) is 2. The minimum absolute atomic E-state index is 0. The topological polar surface area (TPSA) is 72.9 Å². The van der Waals surface area contributed by atoms with Crippen LogP contribution < -0.4 is 11.1 Å². The number of halogens is 2. The Morgan fingerprint density at radius 3 is 2.12 bits per heavy atom. The molecular formula is C19H30Cl2N4O. The maximum atomic E-state index is 12.3. The van der Waals surface area contributed by atoms with E-state index in [2.05, 4.69) is 10.4 Å². The first-order valence-corrected chi connectivity index (χ1v) is 8.29. The molecule has 1 heterocycles. The highest BCUT2D eigenvalue weighted by Gasteiger charge is 2.28. The van der Waals surface area contributed by atoms with Gasteiger partial charge in [0.2, 0.25) is 5.91 Å². The summed E-state index contributed by atoms with van der Waals surface area (Å²) in [6, 6.07) is 9.47. The molecule has 1 aromatic carbocycles. The zero-order valence-electron chi connectivity index (χ0n) is 16.2. The van der Waals surface area contributed by atoms with E-state index >= 15 is 0 Å². The maximum Gasteiger partial charge on any atom is 0.237 e. The highest BCUT2D eigenvalue weighted by atomic mass is 35.5. The fraction of sp³-hybridized carbons (Fsp3) is 0.474. The van der Waals surface area contributed by atoms with Crippen LogP contribution in [0.25, 0.3) is 5.69 Å². The quantitative estimate of drug-likeness (QED) is 0.817. The zero-order valence-corrected chi connectivity index (χ0v) is 17.9. The number of hydrogen-bond acceptors (Lipinski definition) is 3. The molecule has 0 aliphatic rings. The predicted octanol–water partition coefficient (Wildman–Crippen LogP) is 3.88. The van der Waals surface area contributed by atoms with E-state index < -0.39 is 6.04 Å². The van der Waals surface area contributed by atoms with Gasteiger partial charge >= 0.3 is 0 Å². The molecule has 0 aliphatic carbocycles. The molecule has 0 aliphatic heterocycles. The van der Waals surface area contributed by atoms with E-state index in [1.807, 2.05) is 76.6 Å². The molecule has 0 spiro atoms. The molecule has 1 unspecified atom stereocenters. The standard InChI is InChI=1S/C19H28N4O.2ClH/c1-12-11-13(2)23(22-12)16-9-7-15(8-10-16)14(3)21-18(24)17(20)19(4,5)6;;/h7-11,14,17H,20H2,1-6H3,(H,21,24);2*1H/t14?,17-;;/m1../s1. The summed E-state index contributed by atoms with van der Waals surface area (Å²) in [5, 5.41) is 7.47. The van der Waals surface area contributed by atoms with Crippen molar-refractivity contribution in [3.05, 3.63) is 47.3 Å². The average molecular weight is 401 g/mol. The van der Waals surface area contributed by atoms with Crippen LogP contribution in [0.2, 0.25) is 0 Å². The summed E-state index contributed by atoms with van der Waals surface area (Å²) in [7, 11) is 0. The normalized spacial score (nSPS) is 13.2. The number of benzene rings is 1. The van der Waals surface area contributed by atoms with E-state index in [1.165, 1.54) is 0 Å². The van der Waals surface area contributed by atoms with Crippen molar-refractivity contribution >= 4 is 30.7 Å². The second kappa shape index (κ2) is 9.40. The second-order valence-electron chi connectivity index (χ2n) is 7.50. The fourth-order valence-electron chi connectivity index (χ4n) is 2.57. The first-order chi connectivity index (χ1) is 11.1. The number of nitrogens with one attached hydrogen (secondary N) is 1. The molecule has 0 bridgehead atoms. The van der Waals surface area contributed by atoms with Crippen LogP contribution in [-0.4, -0.2) is 21.7 Å². The minimum Gasteiger partial charge on any atom is -0.348 e. The number of carbonyl (C=O) groups excluding carboxylic acids is 1. The van der Waals surface area contributed by atoms with Gasteiger partial charge < -0.3 is 11.1 Å². The van der Waals surface area contributed by atoms with Gasteiger partial charge in [0.25, 0.3) is 0 Å². The van der Waals surface area contributed by atoms with Crippen molar-refractivity contribution in [2.24, 2.45) is 11.1 Å². The Labute approximate surface area is 168 Å². The summed E-state index contributed by atoms with van der Waals surface area (Å²) in [5.41, 5.74) is 9.89. The number of nitrogens with zero attached hydrogens (tertiary/aromatic N) is 2. The Kier molecular flexibility index (Phi) is 8.83. The molecule has 0 radical (unpaired) electrons. The molecule has 1 aromatic heterocycles. The molecule has 26 heavy (non-hydrogen) atoms. The molecule has 0 saturated heterocycles. The van der Waals surface area contributed by atoms with Gasteiger partial charge in [-0.2, -0.15) is 5.10 Å². The summed E-state index contributed by atoms with van der Waals surface area (Å²) < 4.78 is 1.91. The third-order valence-corrected chi connectivity index (χ3v) is 4.22. The van der Waals surface area contributed by atoms with Crippen LogP contribution >= 0.6 is 24.8 Å². The van der Waals surface area contributed by atoms with Gasteiger partial charge in [-0.15, -0.1) is 24.8 Å². The van der Waals surface area contributed by atoms with Gasteiger partial charge in [0.05, 0.1) is 23.5 Å². The van der Waals surface area contributed by atoms with Crippen LogP contribution in [0, 0.1) is 19.3 Å². The highest BCUT2D eigenvalue weighted by Crippen LogP contribution is 2.20. The average Bonchev–Trinajstić information content (AvgIpc) is 2.84. The SMILES string of the molecule is Cc1cc(C)n(-c2ccc(C(C)NC(=O)[C@@H](N)C(C)(C)C)cc2)n1.Cl.Cl. The predicted molar refractivity (Wildman–Crippen MR) is 112 cm³/mol. The molecule has 2 rings (SSSR count). The molecule has 7 heteroatoms. The van der Waals surface area contributed by atoms with E-state index in [4.69, 9.17) is 5.73 Å². The van der Waals surface area contributed by atoms with Crippen molar-refractivity contribution in [2.75, 3.05) is 0 Å². The Balaban J connectivity index is 0.00000312. The van der Waals surface area contributed by atoms with Crippen LogP contribution in [-0.2, 0) is 4.79 Å². The molecule has 0 saturated carbocycles. The monoisotopic (exact) mass is 400 g/mol. The van der Waals surface area contributed by atoms with Crippen molar-refractivity contribution in [3.63, 3.8) is 0 Å². The number of aryl methyl sites for hydroxylation is 2. The van der Waals surface area contributed by atoms with E-state index in [0.717, 1.165) is 22.6 Å². The van der Waals surface area contributed by atoms with Crippen LogP contribution in [0.15, 0.2) is 30.3 Å². The van der Waals surface area contributed by atoms with E-state index in [9.17, 15) is 4.79 Å². The van der Waals surface area contributed by atoms with Gasteiger partial charge in [0.15, 0.2) is 0 Å². The minimum atomic E-state index is -0.533. The molecule has 3 N–H and O–H groups in total. The lowest BCUT2D eigenvalue weighted by Gasteiger charge is -2.27. The van der Waals surface area contributed by atoms with E-state index in [1.54, 1.807) is 0 Å². The van der Waals surface area contributed by atoms with Gasteiger partial charge in [-0.1, -0.05) is 32.9 Å². The van der Waals surface area contributed by atoms with Crippen LogP contribution in [0.1, 0.15) is 50.7 Å².